The first-order valence-corrected chi connectivity index (χ1v) is 5.88. The first kappa shape index (κ1) is 10.5. The van der Waals surface area contributed by atoms with Gasteiger partial charge in [-0.3, -0.25) is 4.79 Å². The Morgan fingerprint density at radius 2 is 2.00 bits per heavy atom. The highest BCUT2D eigenvalue weighted by Gasteiger charge is 2.23. The van der Waals surface area contributed by atoms with Gasteiger partial charge in [0.25, 0.3) is 0 Å². The fourth-order valence-corrected chi connectivity index (χ4v) is 2.51. The van der Waals surface area contributed by atoms with Crippen molar-refractivity contribution in [3.8, 4) is 0 Å². The van der Waals surface area contributed by atoms with Crippen LogP contribution in [0.15, 0.2) is 23.3 Å². The lowest BCUT2D eigenvalue weighted by Crippen LogP contribution is -2.17. The molecule has 1 atom stereocenters. The van der Waals surface area contributed by atoms with Crippen LogP contribution in [0.3, 0.4) is 0 Å². The predicted molar refractivity (Wildman–Crippen MR) is 59.6 cm³/mol. The Kier molecular flexibility index (Phi) is 3.24. The van der Waals surface area contributed by atoms with Gasteiger partial charge in [-0.25, -0.2) is 0 Å². The molecule has 0 radical (unpaired) electrons. The summed E-state index contributed by atoms with van der Waals surface area (Å²) in [6.45, 7) is 0. The highest BCUT2D eigenvalue weighted by atomic mass is 16.4. The van der Waals surface area contributed by atoms with Crippen LogP contribution in [-0.2, 0) is 4.79 Å². The van der Waals surface area contributed by atoms with Crippen molar-refractivity contribution in [3.05, 3.63) is 23.3 Å². The van der Waals surface area contributed by atoms with E-state index in [1.165, 1.54) is 30.4 Å². The quantitative estimate of drug-likeness (QED) is 0.752. The Morgan fingerprint density at radius 1 is 1.20 bits per heavy atom. The van der Waals surface area contributed by atoms with Crippen LogP contribution in [0.1, 0.15) is 44.9 Å². The number of carbonyl (C=O) groups is 1. The van der Waals surface area contributed by atoms with Gasteiger partial charge in [-0.1, -0.05) is 12.2 Å². The van der Waals surface area contributed by atoms with E-state index in [9.17, 15) is 4.79 Å². The summed E-state index contributed by atoms with van der Waals surface area (Å²) >= 11 is 0. The van der Waals surface area contributed by atoms with Crippen molar-refractivity contribution in [2.24, 2.45) is 5.92 Å². The van der Waals surface area contributed by atoms with Gasteiger partial charge in [0.2, 0.25) is 0 Å². The van der Waals surface area contributed by atoms with Crippen molar-refractivity contribution in [2.45, 2.75) is 44.9 Å². The molecule has 0 aromatic heterocycles. The minimum Gasteiger partial charge on any atom is -0.481 e. The molecule has 0 aromatic carbocycles. The maximum Gasteiger partial charge on any atom is 0.306 e. The van der Waals surface area contributed by atoms with Crippen molar-refractivity contribution in [1.29, 1.82) is 0 Å². The maximum absolute atomic E-state index is 10.9. The molecule has 2 aliphatic carbocycles. The monoisotopic (exact) mass is 206 g/mol. The number of carboxylic acids is 1. The Bertz CT molecular complexity index is 312. The summed E-state index contributed by atoms with van der Waals surface area (Å²) in [7, 11) is 0. The Morgan fingerprint density at radius 3 is 2.67 bits per heavy atom. The van der Waals surface area contributed by atoms with E-state index in [4.69, 9.17) is 5.11 Å². The van der Waals surface area contributed by atoms with Crippen molar-refractivity contribution >= 4 is 5.97 Å². The molecule has 0 spiro atoms. The predicted octanol–water partition coefficient (Wildman–Crippen LogP) is 3.30. The Labute approximate surface area is 90.7 Å². The summed E-state index contributed by atoms with van der Waals surface area (Å²) < 4.78 is 0. The van der Waals surface area contributed by atoms with Gasteiger partial charge >= 0.3 is 5.97 Å². The lowest BCUT2D eigenvalue weighted by Gasteiger charge is -2.23. The highest BCUT2D eigenvalue weighted by molar-refractivity contribution is 5.71. The van der Waals surface area contributed by atoms with Crippen LogP contribution < -0.4 is 0 Å². The standard InChI is InChI=1S/C13H18O2/c14-13(15)12-8-4-7-11(9-12)10-5-2-1-3-6-10/h5,7,12H,1-4,6,8-9H2,(H,14,15). The van der Waals surface area contributed by atoms with Crippen molar-refractivity contribution in [3.63, 3.8) is 0 Å². The molecule has 0 heterocycles. The zero-order valence-electron chi connectivity index (χ0n) is 9.04. The lowest BCUT2D eigenvalue weighted by molar-refractivity contribution is -0.142. The van der Waals surface area contributed by atoms with E-state index >= 15 is 0 Å². The van der Waals surface area contributed by atoms with E-state index in [0.717, 1.165) is 25.7 Å². The maximum atomic E-state index is 10.9. The van der Waals surface area contributed by atoms with Crippen LogP contribution in [-0.4, -0.2) is 11.1 Å². The van der Waals surface area contributed by atoms with E-state index < -0.39 is 5.97 Å². The fraction of sp³-hybridized carbons (Fsp3) is 0.615. The van der Waals surface area contributed by atoms with Crippen LogP contribution in [0.5, 0.6) is 0 Å². The second kappa shape index (κ2) is 4.65. The van der Waals surface area contributed by atoms with Gasteiger partial charge in [-0.05, 0) is 56.1 Å². The Balaban J connectivity index is 2.06. The third kappa shape index (κ3) is 2.49. The Hall–Kier alpha value is -1.05. The summed E-state index contributed by atoms with van der Waals surface area (Å²) in [6, 6.07) is 0. The first-order chi connectivity index (χ1) is 7.27. The fourth-order valence-electron chi connectivity index (χ4n) is 2.51. The average molecular weight is 206 g/mol. The van der Waals surface area contributed by atoms with E-state index in [1.807, 2.05) is 0 Å². The second-order valence-electron chi connectivity index (χ2n) is 4.52. The summed E-state index contributed by atoms with van der Waals surface area (Å²) in [6.07, 6.45) is 11.9. The molecular formula is C13H18O2. The number of carboxylic acid groups (broad SMARTS) is 1. The topological polar surface area (TPSA) is 37.3 Å². The van der Waals surface area contributed by atoms with Crippen molar-refractivity contribution < 1.29 is 9.90 Å². The van der Waals surface area contributed by atoms with Crippen LogP contribution in [0.4, 0.5) is 0 Å². The average Bonchev–Trinajstić information content (AvgIpc) is 2.30. The third-order valence-corrected chi connectivity index (χ3v) is 3.42. The number of allylic oxidation sites excluding steroid dienone is 4. The molecule has 0 fully saturated rings. The number of rotatable bonds is 2. The molecule has 0 bridgehead atoms. The van der Waals surface area contributed by atoms with Gasteiger partial charge in [-0.2, -0.15) is 0 Å². The summed E-state index contributed by atoms with van der Waals surface area (Å²) in [5, 5.41) is 9.01. The summed E-state index contributed by atoms with van der Waals surface area (Å²) in [5.41, 5.74) is 2.74. The van der Waals surface area contributed by atoms with Gasteiger partial charge in [0, 0.05) is 0 Å². The van der Waals surface area contributed by atoms with Gasteiger partial charge in [-0.15, -0.1) is 0 Å². The smallest absolute Gasteiger partial charge is 0.306 e. The minimum absolute atomic E-state index is 0.146. The van der Waals surface area contributed by atoms with E-state index in [0.29, 0.717) is 0 Å². The van der Waals surface area contributed by atoms with Crippen molar-refractivity contribution in [2.75, 3.05) is 0 Å². The van der Waals surface area contributed by atoms with Crippen LogP contribution in [0.25, 0.3) is 0 Å². The summed E-state index contributed by atoms with van der Waals surface area (Å²) in [5.74, 6) is -0.773. The molecule has 1 N–H and O–H groups in total. The van der Waals surface area contributed by atoms with E-state index in [1.54, 1.807) is 0 Å². The molecular weight excluding hydrogens is 188 g/mol. The molecule has 0 aromatic rings. The normalized spacial score (nSPS) is 26.8. The van der Waals surface area contributed by atoms with Gasteiger partial charge < -0.3 is 5.11 Å². The highest BCUT2D eigenvalue weighted by Crippen LogP contribution is 2.33. The lowest BCUT2D eigenvalue weighted by atomic mass is 9.82. The van der Waals surface area contributed by atoms with Crippen molar-refractivity contribution in [1.82, 2.24) is 0 Å². The zero-order chi connectivity index (χ0) is 10.7. The van der Waals surface area contributed by atoms with Gasteiger partial charge in [0.1, 0.15) is 0 Å². The van der Waals surface area contributed by atoms with Gasteiger partial charge in [0.05, 0.1) is 5.92 Å². The largest absolute Gasteiger partial charge is 0.481 e. The number of hydrogen-bond donors (Lipinski definition) is 1. The van der Waals surface area contributed by atoms with Crippen LogP contribution in [0.2, 0.25) is 0 Å². The molecule has 0 amide bonds. The third-order valence-electron chi connectivity index (χ3n) is 3.42. The second-order valence-corrected chi connectivity index (χ2v) is 4.52. The molecule has 2 heteroatoms. The molecule has 0 aliphatic heterocycles. The SMILES string of the molecule is O=C(O)C1CCC=C(C2=CCCCC2)C1. The zero-order valence-corrected chi connectivity index (χ0v) is 9.04. The number of aliphatic carboxylic acids is 1. The molecule has 15 heavy (non-hydrogen) atoms. The molecule has 2 aliphatic rings. The molecule has 0 saturated carbocycles. The first-order valence-electron chi connectivity index (χ1n) is 5.88. The van der Waals surface area contributed by atoms with Gasteiger partial charge in [0.15, 0.2) is 0 Å². The van der Waals surface area contributed by atoms with Crippen LogP contribution >= 0.6 is 0 Å². The summed E-state index contributed by atoms with van der Waals surface area (Å²) in [4.78, 5) is 10.9. The van der Waals surface area contributed by atoms with E-state index in [2.05, 4.69) is 12.2 Å². The molecule has 0 saturated heterocycles. The van der Waals surface area contributed by atoms with E-state index in [-0.39, 0.29) is 5.92 Å². The number of hydrogen-bond acceptors (Lipinski definition) is 1. The molecule has 1 unspecified atom stereocenters. The molecule has 2 rings (SSSR count). The van der Waals surface area contributed by atoms with Crippen LogP contribution in [0, 0.1) is 5.92 Å². The minimum atomic E-state index is -0.628. The molecule has 2 nitrogen and oxygen atoms in total. The molecule has 82 valence electrons.